The van der Waals surface area contributed by atoms with Crippen molar-refractivity contribution in [2.75, 3.05) is 6.61 Å². The Labute approximate surface area is 91.0 Å². The minimum atomic E-state index is -4.44. The first-order valence-electron chi connectivity index (χ1n) is 4.76. The third kappa shape index (κ3) is 3.25. The SMILES string of the molecule is CCOC(=O)Cc1ccccc1C(F)(F)F. The van der Waals surface area contributed by atoms with E-state index in [1.165, 1.54) is 18.2 Å². The van der Waals surface area contributed by atoms with Gasteiger partial charge in [0, 0.05) is 0 Å². The summed E-state index contributed by atoms with van der Waals surface area (Å²) in [6.45, 7) is 1.76. The monoisotopic (exact) mass is 232 g/mol. The predicted octanol–water partition coefficient (Wildman–Crippen LogP) is 2.81. The molecule has 0 amide bonds. The molecule has 1 aromatic carbocycles. The van der Waals surface area contributed by atoms with Crippen LogP contribution in [0.15, 0.2) is 24.3 Å². The largest absolute Gasteiger partial charge is 0.466 e. The summed E-state index contributed by atoms with van der Waals surface area (Å²) in [6.07, 6.45) is -4.80. The summed E-state index contributed by atoms with van der Waals surface area (Å²) in [5.74, 6) is -0.654. The zero-order valence-electron chi connectivity index (χ0n) is 8.67. The highest BCUT2D eigenvalue weighted by molar-refractivity contribution is 5.73. The van der Waals surface area contributed by atoms with Crippen LogP contribution in [0.4, 0.5) is 13.2 Å². The maximum atomic E-state index is 12.5. The predicted molar refractivity (Wildman–Crippen MR) is 51.8 cm³/mol. The fourth-order valence-corrected chi connectivity index (χ4v) is 1.32. The van der Waals surface area contributed by atoms with Gasteiger partial charge in [0.25, 0.3) is 0 Å². The summed E-state index contributed by atoms with van der Waals surface area (Å²) < 4.78 is 42.2. The van der Waals surface area contributed by atoms with Crippen molar-refractivity contribution >= 4 is 5.97 Å². The van der Waals surface area contributed by atoms with E-state index in [4.69, 9.17) is 0 Å². The van der Waals surface area contributed by atoms with E-state index in [0.717, 1.165) is 6.07 Å². The Bertz CT molecular complexity index is 372. The van der Waals surface area contributed by atoms with Crippen molar-refractivity contribution in [3.05, 3.63) is 35.4 Å². The van der Waals surface area contributed by atoms with Crippen molar-refractivity contribution in [2.24, 2.45) is 0 Å². The molecule has 0 fully saturated rings. The zero-order valence-corrected chi connectivity index (χ0v) is 8.67. The second kappa shape index (κ2) is 5.01. The number of carbonyl (C=O) groups excluding carboxylic acids is 1. The summed E-state index contributed by atoms with van der Waals surface area (Å²) in [6, 6.07) is 4.98. The third-order valence-electron chi connectivity index (χ3n) is 1.96. The number of hydrogen-bond donors (Lipinski definition) is 0. The number of alkyl halides is 3. The standard InChI is InChI=1S/C11H11F3O2/c1-2-16-10(15)7-8-5-3-4-6-9(8)11(12,13)14/h3-6H,2,7H2,1H3. The van der Waals surface area contributed by atoms with E-state index in [0.29, 0.717) is 0 Å². The van der Waals surface area contributed by atoms with Gasteiger partial charge in [-0.1, -0.05) is 18.2 Å². The molecule has 0 aliphatic rings. The molecule has 16 heavy (non-hydrogen) atoms. The maximum absolute atomic E-state index is 12.5. The second-order valence-corrected chi connectivity index (χ2v) is 3.14. The molecule has 2 nitrogen and oxygen atoms in total. The van der Waals surface area contributed by atoms with Crippen molar-refractivity contribution in [2.45, 2.75) is 19.5 Å². The van der Waals surface area contributed by atoms with Gasteiger partial charge in [0.1, 0.15) is 0 Å². The Kier molecular flexibility index (Phi) is 3.93. The van der Waals surface area contributed by atoms with Crippen LogP contribution in [-0.2, 0) is 22.1 Å². The van der Waals surface area contributed by atoms with Crippen LogP contribution in [0, 0.1) is 0 Å². The van der Waals surface area contributed by atoms with Gasteiger partial charge >= 0.3 is 12.1 Å². The normalized spacial score (nSPS) is 11.2. The van der Waals surface area contributed by atoms with Gasteiger partial charge in [-0.3, -0.25) is 4.79 Å². The summed E-state index contributed by atoms with van der Waals surface area (Å²) >= 11 is 0. The molecule has 0 atom stereocenters. The lowest BCUT2D eigenvalue weighted by molar-refractivity contribution is -0.143. The number of rotatable bonds is 3. The molecular weight excluding hydrogens is 221 g/mol. The smallest absolute Gasteiger partial charge is 0.416 e. The zero-order chi connectivity index (χ0) is 12.2. The van der Waals surface area contributed by atoms with E-state index >= 15 is 0 Å². The van der Waals surface area contributed by atoms with Gasteiger partial charge in [-0.2, -0.15) is 13.2 Å². The lowest BCUT2D eigenvalue weighted by atomic mass is 10.0. The summed E-state index contributed by atoms with van der Waals surface area (Å²) in [5.41, 5.74) is -0.850. The molecule has 0 heterocycles. The summed E-state index contributed by atoms with van der Waals surface area (Å²) in [5, 5.41) is 0. The number of carbonyl (C=O) groups is 1. The van der Waals surface area contributed by atoms with E-state index in [-0.39, 0.29) is 18.6 Å². The van der Waals surface area contributed by atoms with Crippen molar-refractivity contribution in [1.29, 1.82) is 0 Å². The molecule has 0 N–H and O–H groups in total. The summed E-state index contributed by atoms with van der Waals surface area (Å²) in [7, 11) is 0. The Hall–Kier alpha value is -1.52. The number of halogens is 3. The van der Waals surface area contributed by atoms with Crippen molar-refractivity contribution < 1.29 is 22.7 Å². The second-order valence-electron chi connectivity index (χ2n) is 3.14. The van der Waals surface area contributed by atoms with Crippen molar-refractivity contribution in [3.8, 4) is 0 Å². The Balaban J connectivity index is 2.92. The lowest BCUT2D eigenvalue weighted by Crippen LogP contribution is -2.14. The molecule has 0 unspecified atom stereocenters. The van der Waals surface area contributed by atoms with Gasteiger partial charge in [0.2, 0.25) is 0 Å². The van der Waals surface area contributed by atoms with Gasteiger partial charge in [-0.05, 0) is 18.6 Å². The molecule has 0 aliphatic carbocycles. The number of benzene rings is 1. The van der Waals surface area contributed by atoms with E-state index in [9.17, 15) is 18.0 Å². The lowest BCUT2D eigenvalue weighted by Gasteiger charge is -2.11. The first-order chi connectivity index (χ1) is 7.45. The summed E-state index contributed by atoms with van der Waals surface area (Å²) in [4.78, 5) is 11.1. The van der Waals surface area contributed by atoms with Crippen LogP contribution in [0.5, 0.6) is 0 Å². The van der Waals surface area contributed by atoms with E-state index < -0.39 is 17.7 Å². The number of esters is 1. The molecular formula is C11H11F3O2. The maximum Gasteiger partial charge on any atom is 0.416 e. The first kappa shape index (κ1) is 12.5. The highest BCUT2D eigenvalue weighted by Crippen LogP contribution is 2.32. The molecule has 0 spiro atoms. The minimum absolute atomic E-state index is 0.0616. The average Bonchev–Trinajstić information content (AvgIpc) is 2.17. The van der Waals surface area contributed by atoms with Crippen molar-refractivity contribution in [1.82, 2.24) is 0 Å². The molecule has 88 valence electrons. The molecule has 0 aliphatic heterocycles. The van der Waals surface area contributed by atoms with E-state index in [2.05, 4.69) is 4.74 Å². The van der Waals surface area contributed by atoms with Crippen LogP contribution >= 0.6 is 0 Å². The molecule has 0 radical (unpaired) electrons. The van der Waals surface area contributed by atoms with Crippen molar-refractivity contribution in [3.63, 3.8) is 0 Å². The minimum Gasteiger partial charge on any atom is -0.466 e. The third-order valence-corrected chi connectivity index (χ3v) is 1.96. The van der Waals surface area contributed by atoms with Crippen LogP contribution in [0.3, 0.4) is 0 Å². The number of ether oxygens (including phenoxy) is 1. The van der Waals surface area contributed by atoms with E-state index in [1.807, 2.05) is 0 Å². The molecule has 0 saturated heterocycles. The molecule has 1 aromatic rings. The molecule has 1 rings (SSSR count). The molecule has 0 saturated carbocycles. The van der Waals surface area contributed by atoms with Gasteiger partial charge in [0.15, 0.2) is 0 Å². The van der Waals surface area contributed by atoms with Crippen LogP contribution in [0.1, 0.15) is 18.1 Å². The van der Waals surface area contributed by atoms with Crippen LogP contribution in [0.2, 0.25) is 0 Å². The highest BCUT2D eigenvalue weighted by Gasteiger charge is 2.33. The molecule has 5 heteroatoms. The van der Waals surface area contributed by atoms with Gasteiger partial charge in [-0.25, -0.2) is 0 Å². The first-order valence-corrected chi connectivity index (χ1v) is 4.76. The highest BCUT2D eigenvalue weighted by atomic mass is 19.4. The molecule has 0 bridgehead atoms. The quantitative estimate of drug-likeness (QED) is 0.749. The van der Waals surface area contributed by atoms with Gasteiger partial charge in [0.05, 0.1) is 18.6 Å². The molecule has 0 aromatic heterocycles. The van der Waals surface area contributed by atoms with E-state index in [1.54, 1.807) is 6.92 Å². The van der Waals surface area contributed by atoms with Crippen LogP contribution in [-0.4, -0.2) is 12.6 Å². The van der Waals surface area contributed by atoms with Gasteiger partial charge in [-0.15, -0.1) is 0 Å². The Morgan fingerprint density at radius 2 is 1.94 bits per heavy atom. The fourth-order valence-electron chi connectivity index (χ4n) is 1.32. The van der Waals surface area contributed by atoms with Crippen LogP contribution in [0.25, 0.3) is 0 Å². The topological polar surface area (TPSA) is 26.3 Å². The van der Waals surface area contributed by atoms with Gasteiger partial charge < -0.3 is 4.74 Å². The Morgan fingerprint density at radius 1 is 1.31 bits per heavy atom. The Morgan fingerprint density at radius 3 is 2.50 bits per heavy atom. The average molecular weight is 232 g/mol. The number of hydrogen-bond acceptors (Lipinski definition) is 2. The van der Waals surface area contributed by atoms with Crippen LogP contribution < -0.4 is 0 Å². The fraction of sp³-hybridized carbons (Fsp3) is 0.364.